The number of nitrogens with zero attached hydrogens (tertiary/aromatic N) is 5. The molecule has 1 amide bonds. The number of carbonyl (C=O) groups excluding carboxylic acids is 1. The highest BCUT2D eigenvalue weighted by Crippen LogP contribution is 2.18. The third-order valence-corrected chi connectivity index (χ3v) is 5.54. The Bertz CT molecular complexity index is 975. The van der Waals surface area contributed by atoms with Gasteiger partial charge in [-0.05, 0) is 31.2 Å². The topological polar surface area (TPSA) is 66.3 Å². The number of hydrogen-bond donors (Lipinski definition) is 1. The van der Waals surface area contributed by atoms with Crippen LogP contribution in [0, 0.1) is 0 Å². The lowest BCUT2D eigenvalue weighted by atomic mass is 10.1. The molecule has 1 aliphatic heterocycles. The van der Waals surface area contributed by atoms with Gasteiger partial charge in [0.15, 0.2) is 0 Å². The summed E-state index contributed by atoms with van der Waals surface area (Å²) in [5, 5.41) is 7.42. The van der Waals surface area contributed by atoms with E-state index in [1.54, 1.807) is 12.4 Å². The van der Waals surface area contributed by atoms with Gasteiger partial charge in [0.2, 0.25) is 0 Å². The second-order valence-corrected chi connectivity index (χ2v) is 7.65. The van der Waals surface area contributed by atoms with Crippen LogP contribution in [0.4, 0.5) is 11.5 Å². The Labute approximate surface area is 177 Å². The van der Waals surface area contributed by atoms with Gasteiger partial charge >= 0.3 is 0 Å². The van der Waals surface area contributed by atoms with E-state index in [4.69, 9.17) is 0 Å². The van der Waals surface area contributed by atoms with Crippen LogP contribution in [0.2, 0.25) is 0 Å². The number of carbonyl (C=O) groups is 1. The molecule has 3 heterocycles. The molecule has 156 valence electrons. The minimum atomic E-state index is -0.152. The Morgan fingerprint density at radius 2 is 1.80 bits per heavy atom. The summed E-state index contributed by atoms with van der Waals surface area (Å²) < 4.78 is 1.90. The van der Waals surface area contributed by atoms with Crippen LogP contribution >= 0.6 is 0 Å². The van der Waals surface area contributed by atoms with E-state index in [1.807, 2.05) is 41.9 Å². The number of anilines is 2. The minimum absolute atomic E-state index is 0.152. The average molecular weight is 405 g/mol. The summed E-state index contributed by atoms with van der Waals surface area (Å²) in [4.78, 5) is 22.0. The molecule has 1 aliphatic rings. The van der Waals surface area contributed by atoms with Gasteiger partial charge in [0.1, 0.15) is 5.82 Å². The van der Waals surface area contributed by atoms with Gasteiger partial charge in [-0.3, -0.25) is 9.48 Å². The van der Waals surface area contributed by atoms with E-state index >= 15 is 0 Å². The summed E-state index contributed by atoms with van der Waals surface area (Å²) in [6.07, 6.45) is 4.12. The second kappa shape index (κ2) is 9.09. The van der Waals surface area contributed by atoms with Crippen molar-refractivity contribution < 1.29 is 4.79 Å². The monoisotopic (exact) mass is 404 g/mol. The highest BCUT2D eigenvalue weighted by Gasteiger charge is 2.18. The molecule has 0 radical (unpaired) electrons. The highest BCUT2D eigenvalue weighted by atomic mass is 16.1. The SMILES string of the molecule is CCc1c(C(=O)Nc2ccc(N3CCN(C)CC3)nc2)cnn1Cc1ccccc1. The molecule has 4 rings (SSSR count). The molecule has 0 spiro atoms. The van der Waals surface area contributed by atoms with Crippen molar-refractivity contribution in [2.24, 2.45) is 0 Å². The van der Waals surface area contributed by atoms with Crippen LogP contribution in [-0.2, 0) is 13.0 Å². The quantitative estimate of drug-likeness (QED) is 0.684. The summed E-state index contributed by atoms with van der Waals surface area (Å²) in [6.45, 7) is 6.70. The molecule has 7 heteroatoms. The van der Waals surface area contributed by atoms with Crippen LogP contribution in [0.15, 0.2) is 54.9 Å². The van der Waals surface area contributed by atoms with Crippen LogP contribution in [0.1, 0.15) is 28.5 Å². The first-order chi connectivity index (χ1) is 14.6. The predicted octanol–water partition coefficient (Wildman–Crippen LogP) is 2.89. The number of likely N-dealkylation sites (N-methyl/N-ethyl adjacent to an activating group) is 1. The van der Waals surface area contributed by atoms with Crippen LogP contribution in [0.5, 0.6) is 0 Å². The van der Waals surface area contributed by atoms with Crippen LogP contribution < -0.4 is 10.2 Å². The Morgan fingerprint density at radius 3 is 2.47 bits per heavy atom. The predicted molar refractivity (Wildman–Crippen MR) is 119 cm³/mol. The standard InChI is InChI=1S/C23H28N6O/c1-3-21-20(16-25-29(21)17-18-7-5-4-6-8-18)23(30)26-19-9-10-22(24-15-19)28-13-11-27(2)12-14-28/h4-10,15-16H,3,11-14,17H2,1-2H3,(H,26,30). The molecule has 0 unspecified atom stereocenters. The average Bonchev–Trinajstić information content (AvgIpc) is 3.18. The number of aromatic nitrogens is 3. The Morgan fingerprint density at radius 1 is 1.03 bits per heavy atom. The molecule has 0 aliphatic carbocycles. The lowest BCUT2D eigenvalue weighted by molar-refractivity contribution is 0.102. The van der Waals surface area contributed by atoms with Gasteiger partial charge < -0.3 is 15.1 Å². The molecule has 7 nitrogen and oxygen atoms in total. The van der Waals surface area contributed by atoms with E-state index in [9.17, 15) is 4.79 Å². The zero-order chi connectivity index (χ0) is 20.9. The second-order valence-electron chi connectivity index (χ2n) is 7.65. The third kappa shape index (κ3) is 4.52. The van der Waals surface area contributed by atoms with Gasteiger partial charge in [-0.2, -0.15) is 5.10 Å². The minimum Gasteiger partial charge on any atom is -0.354 e. The van der Waals surface area contributed by atoms with E-state index in [0.717, 1.165) is 49.7 Å². The number of amides is 1. The summed E-state index contributed by atoms with van der Waals surface area (Å²) in [5.74, 6) is 0.798. The maximum atomic E-state index is 12.9. The molecular weight excluding hydrogens is 376 g/mol. The Balaban J connectivity index is 1.43. The maximum absolute atomic E-state index is 12.9. The molecular formula is C23H28N6O. The molecule has 0 saturated carbocycles. The van der Waals surface area contributed by atoms with Crippen LogP contribution in [0.25, 0.3) is 0 Å². The van der Waals surface area contributed by atoms with E-state index < -0.39 is 0 Å². The lowest BCUT2D eigenvalue weighted by Gasteiger charge is -2.33. The number of rotatable bonds is 6. The van der Waals surface area contributed by atoms with E-state index in [0.29, 0.717) is 17.8 Å². The van der Waals surface area contributed by atoms with Crippen molar-refractivity contribution in [3.8, 4) is 0 Å². The molecule has 0 atom stereocenters. The molecule has 2 aromatic heterocycles. The van der Waals surface area contributed by atoms with Crippen molar-refractivity contribution in [3.63, 3.8) is 0 Å². The van der Waals surface area contributed by atoms with Gasteiger partial charge in [-0.25, -0.2) is 4.98 Å². The Hall–Kier alpha value is -3.19. The number of hydrogen-bond acceptors (Lipinski definition) is 5. The fourth-order valence-electron chi connectivity index (χ4n) is 3.75. The lowest BCUT2D eigenvalue weighted by Crippen LogP contribution is -2.44. The Kier molecular flexibility index (Phi) is 6.09. The largest absolute Gasteiger partial charge is 0.354 e. The highest BCUT2D eigenvalue weighted by molar-refractivity contribution is 6.04. The number of pyridine rings is 1. The molecule has 3 aromatic rings. The first kappa shape index (κ1) is 20.1. The summed E-state index contributed by atoms with van der Waals surface area (Å²) >= 11 is 0. The van der Waals surface area contributed by atoms with Gasteiger partial charge in [0, 0.05) is 26.2 Å². The fourth-order valence-corrected chi connectivity index (χ4v) is 3.75. The van der Waals surface area contributed by atoms with Gasteiger partial charge in [-0.1, -0.05) is 37.3 Å². The summed E-state index contributed by atoms with van der Waals surface area (Å²) in [7, 11) is 2.13. The van der Waals surface area contributed by atoms with Crippen molar-refractivity contribution in [1.82, 2.24) is 19.7 Å². The zero-order valence-electron chi connectivity index (χ0n) is 17.6. The van der Waals surface area contributed by atoms with Crippen molar-refractivity contribution in [1.29, 1.82) is 0 Å². The smallest absolute Gasteiger partial charge is 0.259 e. The van der Waals surface area contributed by atoms with Gasteiger partial charge in [-0.15, -0.1) is 0 Å². The van der Waals surface area contributed by atoms with Crippen molar-refractivity contribution in [2.75, 3.05) is 43.4 Å². The van der Waals surface area contributed by atoms with Crippen LogP contribution in [-0.4, -0.2) is 58.8 Å². The number of nitrogens with one attached hydrogen (secondary N) is 1. The third-order valence-electron chi connectivity index (χ3n) is 5.54. The van der Waals surface area contributed by atoms with Gasteiger partial charge in [0.05, 0.1) is 35.9 Å². The van der Waals surface area contributed by atoms with Crippen molar-refractivity contribution >= 4 is 17.4 Å². The fraction of sp³-hybridized carbons (Fsp3) is 0.348. The molecule has 1 saturated heterocycles. The van der Waals surface area contributed by atoms with Gasteiger partial charge in [0.25, 0.3) is 5.91 Å². The van der Waals surface area contributed by atoms with E-state index in [-0.39, 0.29) is 5.91 Å². The molecule has 0 bridgehead atoms. The van der Waals surface area contributed by atoms with E-state index in [2.05, 4.69) is 44.4 Å². The molecule has 1 N–H and O–H groups in total. The van der Waals surface area contributed by atoms with Crippen LogP contribution in [0.3, 0.4) is 0 Å². The molecule has 30 heavy (non-hydrogen) atoms. The summed E-state index contributed by atoms with van der Waals surface area (Å²) in [5.41, 5.74) is 3.39. The normalized spacial score (nSPS) is 14.7. The first-order valence-corrected chi connectivity index (χ1v) is 10.4. The maximum Gasteiger partial charge on any atom is 0.259 e. The number of piperazine rings is 1. The first-order valence-electron chi connectivity index (χ1n) is 10.4. The van der Waals surface area contributed by atoms with E-state index in [1.165, 1.54) is 0 Å². The number of benzene rings is 1. The zero-order valence-corrected chi connectivity index (χ0v) is 17.6. The summed E-state index contributed by atoms with van der Waals surface area (Å²) in [6, 6.07) is 14.0. The molecule has 1 aromatic carbocycles. The molecule has 1 fully saturated rings. The van der Waals surface area contributed by atoms with Crippen molar-refractivity contribution in [2.45, 2.75) is 19.9 Å². The van der Waals surface area contributed by atoms with Crippen molar-refractivity contribution in [3.05, 3.63) is 71.7 Å².